The van der Waals surface area contributed by atoms with E-state index in [-0.39, 0.29) is 11.9 Å². The van der Waals surface area contributed by atoms with Gasteiger partial charge in [0.05, 0.1) is 13.0 Å². The summed E-state index contributed by atoms with van der Waals surface area (Å²) < 4.78 is 5.09. The summed E-state index contributed by atoms with van der Waals surface area (Å²) in [7, 11) is 0. The topological polar surface area (TPSA) is 46.6 Å². The van der Waals surface area contributed by atoms with Crippen LogP contribution in [-0.2, 0) is 27.2 Å². The van der Waals surface area contributed by atoms with E-state index in [0.29, 0.717) is 32.4 Å². The summed E-state index contributed by atoms with van der Waals surface area (Å²) >= 11 is 0. The van der Waals surface area contributed by atoms with Gasteiger partial charge < -0.3 is 9.64 Å². The summed E-state index contributed by atoms with van der Waals surface area (Å²) in [6.45, 7) is 5.24. The second-order valence-electron chi connectivity index (χ2n) is 6.59. The summed E-state index contributed by atoms with van der Waals surface area (Å²) in [5.74, 6) is -0.0619. The minimum atomic E-state index is -0.158. The Morgan fingerprint density at radius 3 is 2.19 bits per heavy atom. The normalized spacial score (nSPS) is 10.4. The first-order valence-electron chi connectivity index (χ1n) is 9.72. The molecular formula is C23H29NO3. The number of ether oxygens (including phenoxy) is 1. The van der Waals surface area contributed by atoms with Gasteiger partial charge in [-0.05, 0) is 42.5 Å². The summed E-state index contributed by atoms with van der Waals surface area (Å²) in [6.07, 6.45) is 3.16. The number of para-hydroxylation sites is 1. The van der Waals surface area contributed by atoms with Crippen molar-refractivity contribution in [2.75, 3.05) is 18.1 Å². The van der Waals surface area contributed by atoms with Gasteiger partial charge in [0.2, 0.25) is 5.91 Å². The van der Waals surface area contributed by atoms with Crippen LogP contribution in [0, 0.1) is 0 Å². The lowest BCUT2D eigenvalue weighted by Gasteiger charge is -2.22. The van der Waals surface area contributed by atoms with Crippen LogP contribution in [0.4, 0.5) is 5.69 Å². The van der Waals surface area contributed by atoms with Crippen molar-refractivity contribution in [3.8, 4) is 0 Å². The van der Waals surface area contributed by atoms with Crippen LogP contribution >= 0.6 is 0 Å². The number of hydrogen-bond donors (Lipinski definition) is 0. The highest BCUT2D eigenvalue weighted by atomic mass is 16.5. The van der Waals surface area contributed by atoms with Crippen molar-refractivity contribution in [1.29, 1.82) is 0 Å². The second kappa shape index (κ2) is 11.2. The molecule has 2 aromatic rings. The maximum absolute atomic E-state index is 12.8. The first-order chi connectivity index (χ1) is 13.1. The molecule has 4 heteroatoms. The lowest BCUT2D eigenvalue weighted by Crippen LogP contribution is -2.32. The average Bonchev–Trinajstić information content (AvgIpc) is 2.70. The van der Waals surface area contributed by atoms with Crippen LogP contribution in [0.15, 0.2) is 54.6 Å². The van der Waals surface area contributed by atoms with Gasteiger partial charge >= 0.3 is 5.97 Å². The van der Waals surface area contributed by atoms with Crippen molar-refractivity contribution in [3.63, 3.8) is 0 Å². The zero-order valence-corrected chi connectivity index (χ0v) is 16.3. The van der Waals surface area contributed by atoms with Gasteiger partial charge in [0.1, 0.15) is 0 Å². The quantitative estimate of drug-likeness (QED) is 0.579. The third-order valence-electron chi connectivity index (χ3n) is 4.28. The zero-order valence-electron chi connectivity index (χ0n) is 16.3. The van der Waals surface area contributed by atoms with Gasteiger partial charge in [-0.1, -0.05) is 56.3 Å². The molecule has 0 heterocycles. The molecule has 0 aromatic heterocycles. The fourth-order valence-electron chi connectivity index (χ4n) is 2.86. The standard InChI is InChI=1S/C23H29NO3/c1-3-16-24(21-8-6-5-7-9-21)22(25)18-20-12-10-19(11-13-20)14-15-23(26)27-17-4-2/h5-13H,3-4,14-18H2,1-2H3. The summed E-state index contributed by atoms with van der Waals surface area (Å²) in [4.78, 5) is 26.2. The highest BCUT2D eigenvalue weighted by Crippen LogP contribution is 2.16. The summed E-state index contributed by atoms with van der Waals surface area (Å²) in [5, 5.41) is 0. The van der Waals surface area contributed by atoms with Crippen molar-refractivity contribution in [2.45, 2.75) is 46.0 Å². The maximum atomic E-state index is 12.8. The van der Waals surface area contributed by atoms with Gasteiger partial charge in [0.15, 0.2) is 0 Å². The third-order valence-corrected chi connectivity index (χ3v) is 4.28. The van der Waals surface area contributed by atoms with Crippen molar-refractivity contribution in [1.82, 2.24) is 0 Å². The Morgan fingerprint density at radius 2 is 1.56 bits per heavy atom. The molecule has 0 saturated heterocycles. The SMILES string of the molecule is CCCOC(=O)CCc1ccc(CC(=O)N(CCC)c2ccccc2)cc1. The number of nitrogens with zero attached hydrogens (tertiary/aromatic N) is 1. The Morgan fingerprint density at radius 1 is 0.889 bits per heavy atom. The van der Waals surface area contributed by atoms with Crippen LogP contribution in [0.5, 0.6) is 0 Å². The molecule has 4 nitrogen and oxygen atoms in total. The Kier molecular flexibility index (Phi) is 8.56. The fraction of sp³-hybridized carbons (Fsp3) is 0.391. The molecule has 0 spiro atoms. The number of esters is 1. The number of carbonyl (C=O) groups is 2. The fourth-order valence-corrected chi connectivity index (χ4v) is 2.86. The molecule has 0 aliphatic heterocycles. The van der Waals surface area contributed by atoms with Gasteiger partial charge in [-0.2, -0.15) is 0 Å². The van der Waals surface area contributed by atoms with Crippen LogP contribution in [0.25, 0.3) is 0 Å². The smallest absolute Gasteiger partial charge is 0.306 e. The Balaban J connectivity index is 1.92. The number of carbonyl (C=O) groups excluding carboxylic acids is 2. The molecule has 0 fully saturated rings. The van der Waals surface area contributed by atoms with Crippen molar-refractivity contribution in [2.24, 2.45) is 0 Å². The van der Waals surface area contributed by atoms with E-state index < -0.39 is 0 Å². The molecule has 0 bridgehead atoms. The van der Waals surface area contributed by atoms with E-state index in [1.54, 1.807) is 0 Å². The number of rotatable bonds is 10. The van der Waals surface area contributed by atoms with Gasteiger partial charge in [-0.3, -0.25) is 9.59 Å². The van der Waals surface area contributed by atoms with Crippen molar-refractivity contribution in [3.05, 3.63) is 65.7 Å². The number of hydrogen-bond acceptors (Lipinski definition) is 3. The second-order valence-corrected chi connectivity index (χ2v) is 6.59. The number of aryl methyl sites for hydroxylation is 1. The van der Waals surface area contributed by atoms with Gasteiger partial charge in [0, 0.05) is 18.7 Å². The molecule has 27 heavy (non-hydrogen) atoms. The predicted octanol–water partition coefficient (Wildman–Crippen LogP) is 4.56. The molecule has 0 aliphatic rings. The van der Waals surface area contributed by atoms with E-state index in [0.717, 1.165) is 29.7 Å². The monoisotopic (exact) mass is 367 g/mol. The zero-order chi connectivity index (χ0) is 19.5. The molecule has 1 amide bonds. The summed E-state index contributed by atoms with van der Waals surface area (Å²) in [5.41, 5.74) is 2.99. The molecule has 0 radical (unpaired) electrons. The number of amides is 1. The summed E-state index contributed by atoms with van der Waals surface area (Å²) in [6, 6.07) is 17.7. The van der Waals surface area contributed by atoms with E-state index in [4.69, 9.17) is 4.74 Å². The lowest BCUT2D eigenvalue weighted by atomic mass is 10.0. The molecule has 2 aromatic carbocycles. The van der Waals surface area contributed by atoms with E-state index in [1.807, 2.05) is 66.4 Å². The van der Waals surface area contributed by atoms with Crippen LogP contribution in [0.1, 0.15) is 44.2 Å². The largest absolute Gasteiger partial charge is 0.466 e. The third kappa shape index (κ3) is 6.89. The van der Waals surface area contributed by atoms with E-state index in [2.05, 4.69) is 6.92 Å². The van der Waals surface area contributed by atoms with Crippen LogP contribution in [0.2, 0.25) is 0 Å². The Bertz CT molecular complexity index is 710. The molecule has 144 valence electrons. The molecule has 0 N–H and O–H groups in total. The van der Waals surface area contributed by atoms with Crippen LogP contribution < -0.4 is 4.90 Å². The minimum absolute atomic E-state index is 0.0962. The molecule has 0 unspecified atom stereocenters. The van der Waals surface area contributed by atoms with Gasteiger partial charge in [0.25, 0.3) is 0 Å². The highest BCUT2D eigenvalue weighted by Gasteiger charge is 2.15. The molecular weight excluding hydrogens is 338 g/mol. The van der Waals surface area contributed by atoms with Gasteiger partial charge in [-0.25, -0.2) is 0 Å². The Labute approximate surface area is 162 Å². The minimum Gasteiger partial charge on any atom is -0.466 e. The van der Waals surface area contributed by atoms with Crippen LogP contribution in [0.3, 0.4) is 0 Å². The van der Waals surface area contributed by atoms with Crippen molar-refractivity contribution >= 4 is 17.6 Å². The maximum Gasteiger partial charge on any atom is 0.306 e. The first-order valence-corrected chi connectivity index (χ1v) is 9.72. The molecule has 2 rings (SSSR count). The lowest BCUT2D eigenvalue weighted by molar-refractivity contribution is -0.143. The van der Waals surface area contributed by atoms with Crippen LogP contribution in [-0.4, -0.2) is 25.0 Å². The molecule has 0 aliphatic carbocycles. The first kappa shape index (κ1) is 20.7. The number of anilines is 1. The molecule has 0 saturated carbocycles. The Hall–Kier alpha value is -2.62. The van der Waals surface area contributed by atoms with E-state index in [1.165, 1.54) is 0 Å². The van der Waals surface area contributed by atoms with Gasteiger partial charge in [-0.15, -0.1) is 0 Å². The van der Waals surface area contributed by atoms with Crippen molar-refractivity contribution < 1.29 is 14.3 Å². The molecule has 0 atom stereocenters. The average molecular weight is 367 g/mol. The van der Waals surface area contributed by atoms with E-state index in [9.17, 15) is 9.59 Å². The van der Waals surface area contributed by atoms with E-state index >= 15 is 0 Å². The predicted molar refractivity (Wildman–Crippen MR) is 109 cm³/mol. The highest BCUT2D eigenvalue weighted by molar-refractivity contribution is 5.94. The number of benzene rings is 2.